The summed E-state index contributed by atoms with van der Waals surface area (Å²) < 4.78 is 10.3. The van der Waals surface area contributed by atoms with Crippen LogP contribution in [-0.4, -0.2) is 50.3 Å². The molecule has 0 N–H and O–H groups in total. The van der Waals surface area contributed by atoms with Crippen molar-refractivity contribution in [3.63, 3.8) is 0 Å². The predicted octanol–water partition coefficient (Wildman–Crippen LogP) is 1.49. The molecule has 1 aliphatic rings. The monoisotopic (exact) mass is 263 g/mol. The smallest absolute Gasteiger partial charge is 0.308 e. The number of methoxy groups -OCH3 is 1. The number of ether oxygens (including phenoxy) is 2. The second kappa shape index (κ2) is 7.26. The van der Waals surface area contributed by atoms with Crippen LogP contribution in [0.1, 0.15) is 12.0 Å². The van der Waals surface area contributed by atoms with Gasteiger partial charge in [-0.05, 0) is 12.0 Å². The van der Waals surface area contributed by atoms with Crippen molar-refractivity contribution < 1.29 is 14.3 Å². The summed E-state index contributed by atoms with van der Waals surface area (Å²) in [6.07, 6.45) is 1.35. The maximum atomic E-state index is 11.2. The molecule has 0 amide bonds. The zero-order valence-electron chi connectivity index (χ0n) is 11.4. The van der Waals surface area contributed by atoms with E-state index in [4.69, 9.17) is 4.74 Å². The number of benzene rings is 1. The van der Waals surface area contributed by atoms with Gasteiger partial charge in [0.15, 0.2) is 0 Å². The summed E-state index contributed by atoms with van der Waals surface area (Å²) >= 11 is 0. The average Bonchev–Trinajstić information content (AvgIpc) is 2.46. The Morgan fingerprint density at radius 2 is 2.21 bits per heavy atom. The molecule has 1 fully saturated rings. The van der Waals surface area contributed by atoms with Gasteiger partial charge >= 0.3 is 5.97 Å². The summed E-state index contributed by atoms with van der Waals surface area (Å²) in [5.41, 5.74) is 1.35. The van der Waals surface area contributed by atoms with E-state index in [2.05, 4.69) is 33.9 Å². The topological polar surface area (TPSA) is 38.8 Å². The molecule has 1 atom stereocenters. The molecule has 2 rings (SSSR count). The van der Waals surface area contributed by atoms with Crippen molar-refractivity contribution in [3.8, 4) is 0 Å². The number of carbonyl (C=O) groups is 1. The molecule has 1 unspecified atom stereocenters. The van der Waals surface area contributed by atoms with Gasteiger partial charge in [-0.3, -0.25) is 9.69 Å². The highest BCUT2D eigenvalue weighted by Crippen LogP contribution is 2.10. The molecule has 0 bridgehead atoms. The Bertz CT molecular complexity index is 394. The first kappa shape index (κ1) is 14.0. The zero-order chi connectivity index (χ0) is 13.5. The molecule has 1 aromatic rings. The molecule has 0 aromatic heterocycles. The van der Waals surface area contributed by atoms with E-state index >= 15 is 0 Å². The molecule has 0 aliphatic carbocycles. The minimum atomic E-state index is -0.199. The normalized spacial score (nSPS) is 20.2. The van der Waals surface area contributed by atoms with Crippen LogP contribution in [0.2, 0.25) is 0 Å². The van der Waals surface area contributed by atoms with Crippen molar-refractivity contribution in [1.29, 1.82) is 0 Å². The van der Waals surface area contributed by atoms with E-state index in [9.17, 15) is 4.79 Å². The second-order valence-electron chi connectivity index (χ2n) is 4.81. The number of esters is 1. The third-order valence-electron chi connectivity index (χ3n) is 3.40. The molecule has 0 saturated carbocycles. The Kier molecular flexibility index (Phi) is 5.36. The summed E-state index contributed by atoms with van der Waals surface area (Å²) in [7, 11) is 1.42. The fraction of sp³-hybridized carbons (Fsp3) is 0.533. The fourth-order valence-electron chi connectivity index (χ4n) is 2.31. The quantitative estimate of drug-likeness (QED) is 0.755. The summed E-state index contributed by atoms with van der Waals surface area (Å²) in [4.78, 5) is 13.6. The van der Waals surface area contributed by atoms with E-state index in [1.807, 2.05) is 6.07 Å². The van der Waals surface area contributed by atoms with Crippen LogP contribution < -0.4 is 0 Å². The second-order valence-corrected chi connectivity index (χ2v) is 4.81. The zero-order valence-corrected chi connectivity index (χ0v) is 11.4. The average molecular weight is 263 g/mol. The third kappa shape index (κ3) is 4.65. The lowest BCUT2D eigenvalue weighted by Crippen LogP contribution is -2.44. The van der Waals surface area contributed by atoms with Gasteiger partial charge in [-0.25, -0.2) is 0 Å². The van der Waals surface area contributed by atoms with Crippen LogP contribution >= 0.6 is 0 Å². The molecule has 4 heteroatoms. The summed E-state index contributed by atoms with van der Waals surface area (Å²) in [5.74, 6) is -0.199. The van der Waals surface area contributed by atoms with Gasteiger partial charge in [0.05, 0.1) is 26.2 Å². The number of morpholine rings is 1. The van der Waals surface area contributed by atoms with Crippen LogP contribution in [0, 0.1) is 0 Å². The summed E-state index contributed by atoms with van der Waals surface area (Å²) in [5, 5.41) is 0. The molecule has 0 radical (unpaired) electrons. The van der Waals surface area contributed by atoms with Crippen molar-refractivity contribution in [2.45, 2.75) is 18.9 Å². The molecule has 1 aliphatic heterocycles. The lowest BCUT2D eigenvalue weighted by atomic mass is 10.1. The maximum absolute atomic E-state index is 11.2. The number of hydrogen-bond donors (Lipinski definition) is 0. The van der Waals surface area contributed by atoms with Crippen LogP contribution in [-0.2, 0) is 20.7 Å². The predicted molar refractivity (Wildman–Crippen MR) is 73.0 cm³/mol. The van der Waals surface area contributed by atoms with Gasteiger partial charge in [0.2, 0.25) is 0 Å². The lowest BCUT2D eigenvalue weighted by Gasteiger charge is -2.32. The first-order chi connectivity index (χ1) is 9.28. The van der Waals surface area contributed by atoms with Gasteiger partial charge in [0.25, 0.3) is 0 Å². The van der Waals surface area contributed by atoms with E-state index < -0.39 is 0 Å². The van der Waals surface area contributed by atoms with E-state index in [1.165, 1.54) is 12.7 Å². The first-order valence-electron chi connectivity index (χ1n) is 6.72. The molecule has 19 heavy (non-hydrogen) atoms. The van der Waals surface area contributed by atoms with E-state index in [0.717, 1.165) is 26.1 Å². The summed E-state index contributed by atoms with van der Waals surface area (Å²) in [6.45, 7) is 3.44. The van der Waals surface area contributed by atoms with Crippen LogP contribution in [0.25, 0.3) is 0 Å². The van der Waals surface area contributed by atoms with Crippen molar-refractivity contribution in [2.24, 2.45) is 0 Å². The summed E-state index contributed by atoms with van der Waals surface area (Å²) in [6, 6.07) is 10.5. The molecule has 1 aromatic carbocycles. The SMILES string of the molecule is COC(=O)CC1CN(CCc2ccccc2)CCO1. The van der Waals surface area contributed by atoms with Gasteiger partial charge in [0.1, 0.15) is 0 Å². The Morgan fingerprint density at radius 1 is 1.42 bits per heavy atom. The highest BCUT2D eigenvalue weighted by Gasteiger charge is 2.22. The molecule has 0 spiro atoms. The number of nitrogens with zero attached hydrogens (tertiary/aromatic N) is 1. The van der Waals surface area contributed by atoms with Crippen molar-refractivity contribution in [3.05, 3.63) is 35.9 Å². The number of rotatable bonds is 5. The van der Waals surface area contributed by atoms with E-state index in [1.54, 1.807) is 0 Å². The van der Waals surface area contributed by atoms with Crippen molar-refractivity contribution in [2.75, 3.05) is 33.4 Å². The minimum absolute atomic E-state index is 0.0306. The van der Waals surface area contributed by atoms with Gasteiger partial charge in [-0.1, -0.05) is 30.3 Å². The van der Waals surface area contributed by atoms with Crippen LogP contribution in [0.4, 0.5) is 0 Å². The lowest BCUT2D eigenvalue weighted by molar-refractivity contribution is -0.145. The van der Waals surface area contributed by atoms with Gasteiger partial charge < -0.3 is 9.47 Å². The third-order valence-corrected chi connectivity index (χ3v) is 3.40. The minimum Gasteiger partial charge on any atom is -0.469 e. The number of hydrogen-bond acceptors (Lipinski definition) is 4. The van der Waals surface area contributed by atoms with Crippen molar-refractivity contribution in [1.82, 2.24) is 4.90 Å². The highest BCUT2D eigenvalue weighted by molar-refractivity contribution is 5.69. The standard InChI is InChI=1S/C15H21NO3/c1-18-15(17)11-14-12-16(9-10-19-14)8-7-13-5-3-2-4-6-13/h2-6,14H,7-12H2,1H3. The first-order valence-corrected chi connectivity index (χ1v) is 6.72. The van der Waals surface area contributed by atoms with Crippen LogP contribution in [0.15, 0.2) is 30.3 Å². The van der Waals surface area contributed by atoms with Crippen LogP contribution in [0.5, 0.6) is 0 Å². The van der Waals surface area contributed by atoms with E-state index in [0.29, 0.717) is 13.0 Å². The molecular weight excluding hydrogens is 242 g/mol. The highest BCUT2D eigenvalue weighted by atomic mass is 16.5. The molecule has 4 nitrogen and oxygen atoms in total. The van der Waals surface area contributed by atoms with Gasteiger partial charge in [-0.15, -0.1) is 0 Å². The Balaban J connectivity index is 1.76. The van der Waals surface area contributed by atoms with Gasteiger partial charge in [0, 0.05) is 19.6 Å². The van der Waals surface area contributed by atoms with E-state index in [-0.39, 0.29) is 12.1 Å². The Labute approximate surface area is 114 Å². The van der Waals surface area contributed by atoms with Gasteiger partial charge in [-0.2, -0.15) is 0 Å². The fourth-order valence-corrected chi connectivity index (χ4v) is 2.31. The Morgan fingerprint density at radius 3 is 2.95 bits per heavy atom. The van der Waals surface area contributed by atoms with Crippen molar-refractivity contribution >= 4 is 5.97 Å². The molecule has 104 valence electrons. The maximum Gasteiger partial charge on any atom is 0.308 e. The molecule has 1 heterocycles. The Hall–Kier alpha value is -1.39. The molecule has 1 saturated heterocycles. The largest absolute Gasteiger partial charge is 0.469 e. The molecular formula is C15H21NO3. The van der Waals surface area contributed by atoms with Crippen LogP contribution in [0.3, 0.4) is 0 Å². The number of carbonyl (C=O) groups excluding carboxylic acids is 1.